The fourth-order valence-electron chi connectivity index (χ4n) is 3.07. The van der Waals surface area contributed by atoms with Gasteiger partial charge in [-0.1, -0.05) is 12.1 Å². The molecule has 0 spiro atoms. The molecule has 8 nitrogen and oxygen atoms in total. The van der Waals surface area contributed by atoms with E-state index >= 15 is 0 Å². The van der Waals surface area contributed by atoms with Gasteiger partial charge in [-0.05, 0) is 39.0 Å². The minimum atomic E-state index is -1.28. The number of aliphatic carboxylic acids is 1. The van der Waals surface area contributed by atoms with Crippen molar-refractivity contribution in [3.63, 3.8) is 0 Å². The summed E-state index contributed by atoms with van der Waals surface area (Å²) >= 11 is 0. The van der Waals surface area contributed by atoms with Crippen molar-refractivity contribution in [3.05, 3.63) is 54.0 Å². The first-order valence-corrected chi connectivity index (χ1v) is 8.77. The summed E-state index contributed by atoms with van der Waals surface area (Å²) in [5.74, 6) is -0.553. The second kappa shape index (κ2) is 7.55. The number of rotatable bonds is 4. The SMILES string of the molecule is COc1ccc(C2OC(C(=O)O)C(c3ccoc3)N2C(=O)OC(C)(C)C)cc1. The van der Waals surface area contributed by atoms with Gasteiger partial charge in [0.05, 0.1) is 19.6 Å². The molecule has 1 saturated heterocycles. The summed E-state index contributed by atoms with van der Waals surface area (Å²) in [5, 5.41) is 9.71. The number of hydrogen-bond donors (Lipinski definition) is 1. The van der Waals surface area contributed by atoms with Gasteiger partial charge in [0.1, 0.15) is 17.4 Å². The Morgan fingerprint density at radius 2 is 1.79 bits per heavy atom. The number of ether oxygens (including phenoxy) is 3. The third kappa shape index (κ3) is 3.96. The van der Waals surface area contributed by atoms with Crippen LogP contribution in [0.15, 0.2) is 47.3 Å². The van der Waals surface area contributed by atoms with Crippen molar-refractivity contribution in [2.75, 3.05) is 7.11 Å². The molecular formula is C20H23NO7. The van der Waals surface area contributed by atoms with E-state index < -0.39 is 36.0 Å². The zero-order valence-electron chi connectivity index (χ0n) is 16.1. The molecule has 1 aliphatic heterocycles. The maximum atomic E-state index is 13.0. The van der Waals surface area contributed by atoms with Gasteiger partial charge < -0.3 is 23.7 Å². The lowest BCUT2D eigenvalue weighted by Gasteiger charge is -2.31. The first-order chi connectivity index (χ1) is 13.2. The van der Waals surface area contributed by atoms with Crippen molar-refractivity contribution in [2.24, 2.45) is 0 Å². The van der Waals surface area contributed by atoms with Gasteiger partial charge >= 0.3 is 12.1 Å². The van der Waals surface area contributed by atoms with E-state index in [1.54, 1.807) is 58.2 Å². The van der Waals surface area contributed by atoms with E-state index in [4.69, 9.17) is 18.6 Å². The van der Waals surface area contributed by atoms with Crippen LogP contribution in [0, 0.1) is 0 Å². The maximum Gasteiger partial charge on any atom is 0.413 e. The third-order valence-corrected chi connectivity index (χ3v) is 4.25. The highest BCUT2D eigenvalue weighted by Gasteiger charge is 2.51. The molecule has 8 heteroatoms. The molecule has 1 aliphatic rings. The molecule has 0 radical (unpaired) electrons. The summed E-state index contributed by atoms with van der Waals surface area (Å²) in [6, 6.07) is 7.57. The highest BCUT2D eigenvalue weighted by molar-refractivity contribution is 5.77. The molecule has 1 amide bonds. The maximum absolute atomic E-state index is 13.0. The molecule has 0 saturated carbocycles. The Kier molecular flexibility index (Phi) is 5.33. The van der Waals surface area contributed by atoms with Crippen molar-refractivity contribution in [1.82, 2.24) is 4.90 Å². The van der Waals surface area contributed by atoms with Gasteiger partial charge in [-0.15, -0.1) is 0 Å². The highest BCUT2D eigenvalue weighted by Crippen LogP contribution is 2.44. The van der Waals surface area contributed by atoms with E-state index in [0.29, 0.717) is 16.9 Å². The topological polar surface area (TPSA) is 98.4 Å². The molecule has 2 aromatic rings. The summed E-state index contributed by atoms with van der Waals surface area (Å²) in [7, 11) is 1.55. The number of benzene rings is 1. The van der Waals surface area contributed by atoms with Crippen LogP contribution in [-0.2, 0) is 14.3 Å². The summed E-state index contributed by atoms with van der Waals surface area (Å²) in [6.07, 6.45) is -0.0813. The Hall–Kier alpha value is -3.00. The summed E-state index contributed by atoms with van der Waals surface area (Å²) < 4.78 is 21.6. The highest BCUT2D eigenvalue weighted by atomic mass is 16.6. The average Bonchev–Trinajstić information content (AvgIpc) is 3.27. The lowest BCUT2D eigenvalue weighted by atomic mass is 10.0. The quantitative estimate of drug-likeness (QED) is 0.850. The Labute approximate surface area is 162 Å². The first-order valence-electron chi connectivity index (χ1n) is 8.77. The van der Waals surface area contributed by atoms with Crippen LogP contribution in [0.5, 0.6) is 5.75 Å². The van der Waals surface area contributed by atoms with Crippen molar-refractivity contribution >= 4 is 12.1 Å². The van der Waals surface area contributed by atoms with Gasteiger partial charge in [-0.25, -0.2) is 9.59 Å². The van der Waals surface area contributed by atoms with Crippen molar-refractivity contribution in [1.29, 1.82) is 0 Å². The molecule has 1 aromatic heterocycles. The normalized spacial score (nSPS) is 22.1. The van der Waals surface area contributed by atoms with E-state index in [9.17, 15) is 14.7 Å². The zero-order valence-corrected chi connectivity index (χ0v) is 16.1. The Balaban J connectivity index is 2.05. The van der Waals surface area contributed by atoms with Gasteiger partial charge in [0, 0.05) is 11.1 Å². The van der Waals surface area contributed by atoms with Crippen LogP contribution >= 0.6 is 0 Å². The first kappa shape index (κ1) is 19.8. The molecule has 3 atom stereocenters. The predicted octanol–water partition coefficient (Wildman–Crippen LogP) is 3.75. The average molecular weight is 389 g/mol. The molecule has 150 valence electrons. The molecule has 0 aliphatic carbocycles. The predicted molar refractivity (Wildman–Crippen MR) is 97.8 cm³/mol. The fraction of sp³-hybridized carbons (Fsp3) is 0.400. The molecule has 2 heterocycles. The van der Waals surface area contributed by atoms with E-state index in [1.807, 2.05) is 0 Å². The van der Waals surface area contributed by atoms with Crippen LogP contribution in [0.3, 0.4) is 0 Å². The summed E-state index contributed by atoms with van der Waals surface area (Å²) in [5.41, 5.74) is 0.349. The van der Waals surface area contributed by atoms with Gasteiger partial charge in [-0.3, -0.25) is 4.90 Å². The lowest BCUT2D eigenvalue weighted by Crippen LogP contribution is -2.40. The summed E-state index contributed by atoms with van der Waals surface area (Å²) in [6.45, 7) is 5.23. The number of hydrogen-bond acceptors (Lipinski definition) is 6. The van der Waals surface area contributed by atoms with Crippen molar-refractivity contribution in [3.8, 4) is 5.75 Å². The van der Waals surface area contributed by atoms with Crippen molar-refractivity contribution in [2.45, 2.75) is 44.7 Å². The lowest BCUT2D eigenvalue weighted by molar-refractivity contribution is -0.150. The van der Waals surface area contributed by atoms with Crippen LogP contribution in [0.2, 0.25) is 0 Å². The van der Waals surface area contributed by atoms with Gasteiger partial charge in [0.25, 0.3) is 0 Å². The minimum absolute atomic E-state index is 0.509. The molecule has 1 aromatic carbocycles. The van der Waals surface area contributed by atoms with E-state index in [1.165, 1.54) is 17.4 Å². The molecule has 0 bridgehead atoms. The molecule has 28 heavy (non-hydrogen) atoms. The number of carboxylic acids is 1. The number of amides is 1. The van der Waals surface area contributed by atoms with Gasteiger partial charge in [0.15, 0.2) is 12.3 Å². The Bertz CT molecular complexity index is 823. The fourth-order valence-corrected chi connectivity index (χ4v) is 3.07. The number of methoxy groups -OCH3 is 1. The summed E-state index contributed by atoms with van der Waals surface area (Å²) in [4.78, 5) is 26.2. The number of furan rings is 1. The number of carboxylic acid groups (broad SMARTS) is 1. The number of carbonyl (C=O) groups is 2. The molecule has 3 unspecified atom stereocenters. The second-order valence-electron chi connectivity index (χ2n) is 7.41. The van der Waals surface area contributed by atoms with Crippen LogP contribution < -0.4 is 4.74 Å². The molecule has 1 N–H and O–H groups in total. The van der Waals surface area contributed by atoms with Crippen LogP contribution in [-0.4, -0.2) is 40.9 Å². The molecular weight excluding hydrogens is 366 g/mol. The van der Waals surface area contributed by atoms with Gasteiger partial charge in [-0.2, -0.15) is 0 Å². The molecule has 1 fully saturated rings. The standard InChI is InChI=1S/C20H23NO7/c1-20(2,3)28-19(24)21-15(13-9-10-26-11-13)16(18(22)23)27-17(21)12-5-7-14(25-4)8-6-12/h5-11,15-17H,1-4H3,(H,22,23). The van der Waals surface area contributed by atoms with Crippen molar-refractivity contribution < 1.29 is 33.3 Å². The van der Waals surface area contributed by atoms with Crippen LogP contribution in [0.25, 0.3) is 0 Å². The van der Waals surface area contributed by atoms with Gasteiger partial charge in [0.2, 0.25) is 0 Å². The zero-order chi connectivity index (χ0) is 20.5. The van der Waals surface area contributed by atoms with Crippen LogP contribution in [0.1, 0.15) is 44.2 Å². The molecule has 3 rings (SSSR count). The van der Waals surface area contributed by atoms with E-state index in [0.717, 1.165) is 0 Å². The van der Waals surface area contributed by atoms with E-state index in [2.05, 4.69) is 0 Å². The van der Waals surface area contributed by atoms with E-state index in [-0.39, 0.29) is 0 Å². The monoisotopic (exact) mass is 389 g/mol. The minimum Gasteiger partial charge on any atom is -0.497 e. The van der Waals surface area contributed by atoms with Crippen LogP contribution in [0.4, 0.5) is 4.79 Å². The second-order valence-corrected chi connectivity index (χ2v) is 7.41. The Morgan fingerprint density at radius 3 is 2.29 bits per heavy atom. The number of nitrogens with zero attached hydrogens (tertiary/aromatic N) is 1. The third-order valence-electron chi connectivity index (χ3n) is 4.25. The number of carbonyl (C=O) groups excluding carboxylic acids is 1. The largest absolute Gasteiger partial charge is 0.497 e. The smallest absolute Gasteiger partial charge is 0.413 e. The Morgan fingerprint density at radius 1 is 1.11 bits per heavy atom.